The molecule has 0 unspecified atom stereocenters. The fourth-order valence-electron chi connectivity index (χ4n) is 1.42. The zero-order valence-corrected chi connectivity index (χ0v) is 9.06. The molecule has 5 heteroatoms. The number of rotatable bonds is 3. The van der Waals surface area contributed by atoms with Crippen LogP contribution in [-0.2, 0) is 0 Å². The summed E-state index contributed by atoms with van der Waals surface area (Å²) in [5.41, 5.74) is 6.41. The van der Waals surface area contributed by atoms with Crippen LogP contribution >= 0.6 is 0 Å². The van der Waals surface area contributed by atoms with Gasteiger partial charge in [-0.3, -0.25) is 9.78 Å². The van der Waals surface area contributed by atoms with Gasteiger partial charge in [-0.25, -0.2) is 0 Å². The molecule has 16 heavy (non-hydrogen) atoms. The normalized spacial score (nSPS) is 10.9. The van der Waals surface area contributed by atoms with Crippen molar-refractivity contribution < 1.29 is 13.9 Å². The smallest absolute Gasteiger partial charge is 0.300 e. The Bertz CT molecular complexity index is 531. The van der Waals surface area contributed by atoms with Crippen LogP contribution in [0.1, 0.15) is 24.2 Å². The molecule has 0 saturated heterocycles. The third-order valence-electron chi connectivity index (χ3n) is 2.00. The molecule has 0 spiro atoms. The number of ether oxygens (including phenoxy) is 1. The number of furan rings is 1. The molecule has 0 fully saturated rings. The molecule has 2 heterocycles. The average molecular weight is 220 g/mol. The first kappa shape index (κ1) is 10.5. The van der Waals surface area contributed by atoms with Crippen LogP contribution in [0.25, 0.3) is 11.1 Å². The Balaban J connectivity index is 2.63. The molecule has 84 valence electrons. The molecule has 2 N–H and O–H groups in total. The van der Waals surface area contributed by atoms with Gasteiger partial charge in [0.15, 0.2) is 5.58 Å². The van der Waals surface area contributed by atoms with Crippen LogP contribution in [0.3, 0.4) is 0 Å². The van der Waals surface area contributed by atoms with Gasteiger partial charge in [0.25, 0.3) is 5.91 Å². The molecule has 0 aromatic carbocycles. The topological polar surface area (TPSA) is 78.3 Å². The van der Waals surface area contributed by atoms with E-state index in [9.17, 15) is 4.79 Å². The summed E-state index contributed by atoms with van der Waals surface area (Å²) in [4.78, 5) is 15.4. The van der Waals surface area contributed by atoms with Gasteiger partial charge in [0, 0.05) is 6.20 Å². The van der Waals surface area contributed by atoms with Crippen molar-refractivity contribution in [3.05, 3.63) is 23.9 Å². The Morgan fingerprint density at radius 2 is 2.31 bits per heavy atom. The third-order valence-corrected chi connectivity index (χ3v) is 2.00. The number of nitrogens with zero attached hydrogens (tertiary/aromatic N) is 1. The minimum absolute atomic E-state index is 0.0985. The fourth-order valence-corrected chi connectivity index (χ4v) is 1.42. The van der Waals surface area contributed by atoms with Crippen LogP contribution in [-0.4, -0.2) is 17.0 Å². The van der Waals surface area contributed by atoms with E-state index in [0.717, 1.165) is 0 Å². The van der Waals surface area contributed by atoms with Gasteiger partial charge in [-0.2, -0.15) is 0 Å². The van der Waals surface area contributed by atoms with Crippen LogP contribution in [0.4, 0.5) is 0 Å². The Labute approximate surface area is 92.2 Å². The summed E-state index contributed by atoms with van der Waals surface area (Å²) in [6.45, 7) is 3.68. The Kier molecular flexibility index (Phi) is 2.52. The van der Waals surface area contributed by atoms with Crippen molar-refractivity contribution in [1.82, 2.24) is 4.98 Å². The second kappa shape index (κ2) is 3.84. The maximum absolute atomic E-state index is 11.3. The van der Waals surface area contributed by atoms with E-state index in [2.05, 4.69) is 4.98 Å². The lowest BCUT2D eigenvalue weighted by atomic mass is 10.2. The molecule has 0 saturated carbocycles. The first-order valence-electron chi connectivity index (χ1n) is 4.93. The molecule has 0 aliphatic rings. The van der Waals surface area contributed by atoms with Crippen molar-refractivity contribution in [2.24, 2.45) is 5.73 Å². The first-order chi connectivity index (χ1) is 7.59. The minimum atomic E-state index is -0.604. The molecule has 0 radical (unpaired) electrons. The number of hydrogen-bond donors (Lipinski definition) is 1. The molecule has 1 amide bonds. The van der Waals surface area contributed by atoms with E-state index in [-0.39, 0.29) is 17.6 Å². The summed E-state index contributed by atoms with van der Waals surface area (Å²) >= 11 is 0. The van der Waals surface area contributed by atoms with E-state index in [4.69, 9.17) is 14.9 Å². The van der Waals surface area contributed by atoms with Gasteiger partial charge in [-0.05, 0) is 26.0 Å². The first-order valence-corrected chi connectivity index (χ1v) is 4.93. The zero-order chi connectivity index (χ0) is 11.7. The molecule has 2 aromatic rings. The largest absolute Gasteiger partial charge is 0.462 e. The van der Waals surface area contributed by atoms with E-state index < -0.39 is 5.91 Å². The maximum Gasteiger partial charge on any atom is 0.300 e. The van der Waals surface area contributed by atoms with Crippen LogP contribution < -0.4 is 10.5 Å². The predicted octanol–water partition coefficient (Wildman–Crippen LogP) is 1.71. The number of aromatic nitrogens is 1. The maximum atomic E-state index is 11.3. The molecule has 0 aliphatic heterocycles. The lowest BCUT2D eigenvalue weighted by molar-refractivity contribution is 0.0990. The minimum Gasteiger partial charge on any atom is -0.462 e. The summed E-state index contributed by atoms with van der Waals surface area (Å²) in [5.74, 6) is -0.468. The summed E-state index contributed by atoms with van der Waals surface area (Å²) < 4.78 is 10.8. The summed E-state index contributed by atoms with van der Waals surface area (Å²) in [6.07, 6.45) is 1.47. The van der Waals surface area contributed by atoms with Crippen molar-refractivity contribution in [1.29, 1.82) is 0 Å². The lowest BCUT2D eigenvalue weighted by Crippen LogP contribution is -2.14. The van der Waals surface area contributed by atoms with Gasteiger partial charge >= 0.3 is 5.95 Å². The van der Waals surface area contributed by atoms with Gasteiger partial charge in [0.05, 0.1) is 6.10 Å². The molecule has 2 aromatic heterocycles. The van der Waals surface area contributed by atoms with Crippen LogP contribution in [0.2, 0.25) is 0 Å². The second-order valence-corrected chi connectivity index (χ2v) is 3.65. The summed E-state index contributed by atoms with van der Waals surface area (Å²) in [7, 11) is 0. The molecule has 2 rings (SSSR count). The molecule has 0 aliphatic carbocycles. The molecule has 5 nitrogen and oxygen atoms in total. The van der Waals surface area contributed by atoms with Gasteiger partial charge < -0.3 is 14.9 Å². The van der Waals surface area contributed by atoms with E-state index in [1.165, 1.54) is 0 Å². The average Bonchev–Trinajstić information content (AvgIpc) is 2.53. The van der Waals surface area contributed by atoms with Gasteiger partial charge in [-0.1, -0.05) is 0 Å². The van der Waals surface area contributed by atoms with E-state index in [1.807, 2.05) is 13.8 Å². The van der Waals surface area contributed by atoms with Crippen LogP contribution in [0, 0.1) is 0 Å². The number of hydrogen-bond acceptors (Lipinski definition) is 4. The Morgan fingerprint density at radius 3 is 2.94 bits per heavy atom. The zero-order valence-electron chi connectivity index (χ0n) is 9.06. The molecule has 0 bridgehead atoms. The molecule has 0 atom stereocenters. The number of fused-ring (bicyclic) bond motifs is 1. The highest BCUT2D eigenvalue weighted by Gasteiger charge is 2.21. The van der Waals surface area contributed by atoms with Gasteiger partial charge in [-0.15, -0.1) is 0 Å². The van der Waals surface area contributed by atoms with Crippen molar-refractivity contribution in [3.8, 4) is 5.95 Å². The monoisotopic (exact) mass is 220 g/mol. The van der Waals surface area contributed by atoms with Crippen LogP contribution in [0.5, 0.6) is 5.95 Å². The van der Waals surface area contributed by atoms with Gasteiger partial charge in [0.2, 0.25) is 0 Å². The highest BCUT2D eigenvalue weighted by Crippen LogP contribution is 2.30. The third kappa shape index (κ3) is 1.71. The SMILES string of the molecule is CC(C)Oc1oc2cccnc2c1C(N)=O. The summed E-state index contributed by atoms with van der Waals surface area (Å²) in [5, 5.41) is 0. The number of carbonyl (C=O) groups excluding carboxylic acids is 1. The lowest BCUT2D eigenvalue weighted by Gasteiger charge is -2.06. The van der Waals surface area contributed by atoms with Crippen molar-refractivity contribution in [3.63, 3.8) is 0 Å². The van der Waals surface area contributed by atoms with Gasteiger partial charge in [0.1, 0.15) is 11.1 Å². The highest BCUT2D eigenvalue weighted by atomic mass is 16.6. The Morgan fingerprint density at radius 1 is 1.56 bits per heavy atom. The van der Waals surface area contributed by atoms with Crippen molar-refractivity contribution in [2.75, 3.05) is 0 Å². The van der Waals surface area contributed by atoms with E-state index in [0.29, 0.717) is 11.1 Å². The van der Waals surface area contributed by atoms with Crippen molar-refractivity contribution in [2.45, 2.75) is 20.0 Å². The predicted molar refractivity (Wildman–Crippen MR) is 58.3 cm³/mol. The number of amides is 1. The standard InChI is InChI=1S/C11H12N2O3/c1-6(2)15-11-8(10(12)14)9-7(16-11)4-3-5-13-9/h3-6H,1-2H3,(H2,12,14). The number of pyridine rings is 1. The van der Waals surface area contributed by atoms with E-state index >= 15 is 0 Å². The fraction of sp³-hybridized carbons (Fsp3) is 0.273. The summed E-state index contributed by atoms with van der Waals surface area (Å²) in [6, 6.07) is 3.43. The second-order valence-electron chi connectivity index (χ2n) is 3.65. The molecular formula is C11H12N2O3. The van der Waals surface area contributed by atoms with E-state index in [1.54, 1.807) is 18.3 Å². The number of nitrogens with two attached hydrogens (primary N) is 1. The number of primary amides is 1. The van der Waals surface area contributed by atoms with Crippen LogP contribution in [0.15, 0.2) is 22.7 Å². The Hall–Kier alpha value is -2.04. The molecular weight excluding hydrogens is 208 g/mol. The van der Waals surface area contributed by atoms with Crippen molar-refractivity contribution >= 4 is 17.0 Å². The number of carbonyl (C=O) groups is 1. The highest BCUT2D eigenvalue weighted by molar-refractivity contribution is 6.06. The quantitative estimate of drug-likeness (QED) is 0.854.